The van der Waals surface area contributed by atoms with E-state index in [-0.39, 0.29) is 17.9 Å². The summed E-state index contributed by atoms with van der Waals surface area (Å²) in [6.45, 7) is 2.75. The van der Waals surface area contributed by atoms with E-state index in [0.717, 1.165) is 12.0 Å². The Morgan fingerprint density at radius 3 is 2.76 bits per heavy atom. The molecule has 2 rings (SSSR count). The van der Waals surface area contributed by atoms with Crippen molar-refractivity contribution in [3.05, 3.63) is 35.4 Å². The van der Waals surface area contributed by atoms with Crippen molar-refractivity contribution in [1.82, 2.24) is 4.31 Å². The normalized spacial score (nSPS) is 16.6. The summed E-state index contributed by atoms with van der Waals surface area (Å²) in [6.07, 6.45) is 3.08. The van der Waals surface area contributed by atoms with E-state index in [9.17, 15) is 8.42 Å². The number of aliphatic hydroxyl groups excluding tert-OH is 1. The lowest BCUT2D eigenvalue weighted by Crippen LogP contribution is -2.35. The van der Waals surface area contributed by atoms with Gasteiger partial charge < -0.3 is 9.84 Å². The Morgan fingerprint density at radius 2 is 2.14 bits per heavy atom. The van der Waals surface area contributed by atoms with Gasteiger partial charge in [0.25, 0.3) is 0 Å². The number of benzene rings is 1. The van der Waals surface area contributed by atoms with Crippen molar-refractivity contribution in [3.8, 4) is 5.75 Å². The third kappa shape index (κ3) is 3.45. The first-order chi connectivity index (χ1) is 9.98. The van der Waals surface area contributed by atoms with Crippen LogP contribution in [0.2, 0.25) is 0 Å². The highest BCUT2D eigenvalue weighted by Gasteiger charge is 2.28. The maximum atomic E-state index is 12.8. The monoisotopic (exact) mass is 311 g/mol. The lowest BCUT2D eigenvalue weighted by atomic mass is 10.1. The summed E-state index contributed by atoms with van der Waals surface area (Å²) in [4.78, 5) is 0.257. The van der Waals surface area contributed by atoms with Gasteiger partial charge in [0.05, 0.1) is 12.0 Å². The van der Waals surface area contributed by atoms with E-state index >= 15 is 0 Å². The average Bonchev–Trinajstić information content (AvgIpc) is 2.47. The number of ether oxygens (including phenoxy) is 1. The van der Waals surface area contributed by atoms with Crippen molar-refractivity contribution in [2.24, 2.45) is 0 Å². The number of hydrogen-bond donors (Lipinski definition) is 1. The molecule has 1 aliphatic rings. The topological polar surface area (TPSA) is 66.8 Å². The number of sulfonamides is 1. The Morgan fingerprint density at radius 1 is 1.38 bits per heavy atom. The fourth-order valence-corrected chi connectivity index (χ4v) is 4.20. The first kappa shape index (κ1) is 16.0. The van der Waals surface area contributed by atoms with Crippen LogP contribution in [0.5, 0.6) is 5.75 Å². The van der Waals surface area contributed by atoms with Gasteiger partial charge >= 0.3 is 0 Å². The van der Waals surface area contributed by atoms with E-state index in [2.05, 4.69) is 6.08 Å². The van der Waals surface area contributed by atoms with Gasteiger partial charge in [0.2, 0.25) is 10.0 Å². The van der Waals surface area contributed by atoms with Gasteiger partial charge in [-0.25, -0.2) is 8.42 Å². The Bertz CT molecular complexity index is 637. The number of hydrogen-bond acceptors (Lipinski definition) is 4. The first-order valence-electron chi connectivity index (χ1n) is 6.92. The van der Waals surface area contributed by atoms with Gasteiger partial charge in [0.15, 0.2) is 0 Å². The minimum absolute atomic E-state index is 0.103. The molecule has 1 aromatic rings. The quantitative estimate of drug-likeness (QED) is 0.838. The summed E-state index contributed by atoms with van der Waals surface area (Å²) in [6, 6.07) is 4.88. The Balaban J connectivity index is 2.41. The highest BCUT2D eigenvalue weighted by molar-refractivity contribution is 7.89. The van der Waals surface area contributed by atoms with Crippen LogP contribution >= 0.6 is 0 Å². The lowest BCUT2D eigenvalue weighted by Gasteiger charge is -2.26. The van der Waals surface area contributed by atoms with E-state index in [1.165, 1.54) is 11.4 Å². The summed E-state index contributed by atoms with van der Waals surface area (Å²) in [5, 5.41) is 9.17. The fourth-order valence-electron chi connectivity index (χ4n) is 2.47. The number of aliphatic hydroxyl groups is 1. The summed E-state index contributed by atoms with van der Waals surface area (Å²) in [5.41, 5.74) is 1.64. The Kier molecular flexibility index (Phi) is 5.03. The molecule has 0 spiro atoms. The third-order valence-electron chi connectivity index (χ3n) is 3.56. The van der Waals surface area contributed by atoms with Gasteiger partial charge in [-0.05, 0) is 43.5 Å². The molecule has 0 amide bonds. The van der Waals surface area contributed by atoms with E-state index in [4.69, 9.17) is 9.84 Å². The zero-order chi connectivity index (χ0) is 15.5. The van der Waals surface area contributed by atoms with Gasteiger partial charge in [-0.3, -0.25) is 0 Å². The van der Waals surface area contributed by atoms with E-state index in [1.54, 1.807) is 18.2 Å². The second kappa shape index (κ2) is 6.60. The van der Waals surface area contributed by atoms with Crippen LogP contribution in [0.15, 0.2) is 34.7 Å². The number of methoxy groups -OCH3 is 1. The Labute approximate surface area is 125 Å². The molecule has 0 atom stereocenters. The van der Waals surface area contributed by atoms with E-state index in [0.29, 0.717) is 24.4 Å². The highest BCUT2D eigenvalue weighted by Crippen LogP contribution is 2.27. The number of nitrogens with zero attached hydrogens (tertiary/aromatic N) is 1. The summed E-state index contributed by atoms with van der Waals surface area (Å²) < 4.78 is 32.2. The molecule has 6 heteroatoms. The van der Waals surface area contributed by atoms with Crippen LogP contribution in [-0.4, -0.2) is 44.6 Å². The first-order valence-corrected chi connectivity index (χ1v) is 8.36. The van der Waals surface area contributed by atoms with Crippen LogP contribution in [0.1, 0.15) is 18.9 Å². The van der Waals surface area contributed by atoms with Gasteiger partial charge in [0, 0.05) is 19.7 Å². The van der Waals surface area contributed by atoms with E-state index < -0.39 is 10.0 Å². The highest BCUT2D eigenvalue weighted by atomic mass is 32.2. The molecular weight excluding hydrogens is 290 g/mol. The van der Waals surface area contributed by atoms with Crippen LogP contribution in [0, 0.1) is 0 Å². The number of rotatable bonds is 5. The lowest BCUT2D eigenvalue weighted by molar-refractivity contribution is 0.298. The molecule has 0 radical (unpaired) electrons. The van der Waals surface area contributed by atoms with Crippen molar-refractivity contribution in [3.63, 3.8) is 0 Å². The van der Waals surface area contributed by atoms with Crippen molar-refractivity contribution in [2.45, 2.75) is 24.7 Å². The van der Waals surface area contributed by atoms with Crippen LogP contribution in [0.4, 0.5) is 0 Å². The smallest absolute Gasteiger partial charge is 0.243 e. The fraction of sp³-hybridized carbons (Fsp3) is 0.467. The predicted molar refractivity (Wildman–Crippen MR) is 80.9 cm³/mol. The van der Waals surface area contributed by atoms with Gasteiger partial charge in [-0.1, -0.05) is 11.6 Å². The van der Waals surface area contributed by atoms with Crippen molar-refractivity contribution in [1.29, 1.82) is 0 Å². The molecule has 0 bridgehead atoms. The molecule has 116 valence electrons. The zero-order valence-corrected chi connectivity index (χ0v) is 13.2. The van der Waals surface area contributed by atoms with Crippen LogP contribution in [0.25, 0.3) is 0 Å². The van der Waals surface area contributed by atoms with E-state index in [1.807, 2.05) is 6.92 Å². The molecule has 21 heavy (non-hydrogen) atoms. The molecule has 1 N–H and O–H groups in total. The van der Waals surface area contributed by atoms with Crippen LogP contribution < -0.4 is 4.74 Å². The second-order valence-corrected chi connectivity index (χ2v) is 7.03. The van der Waals surface area contributed by atoms with Crippen molar-refractivity contribution < 1.29 is 18.3 Å². The molecule has 0 fully saturated rings. The molecule has 0 unspecified atom stereocenters. The molecule has 0 saturated heterocycles. The molecule has 1 aromatic carbocycles. The van der Waals surface area contributed by atoms with Crippen molar-refractivity contribution in [2.75, 3.05) is 26.8 Å². The summed E-state index contributed by atoms with van der Waals surface area (Å²) in [5.74, 6) is 0.590. The SMILES string of the molecule is COc1ccc(S(=O)(=O)N2CCC=C(C)C2)c(CCO)c1. The predicted octanol–water partition coefficient (Wildman–Crippen LogP) is 1.57. The molecule has 5 nitrogen and oxygen atoms in total. The maximum absolute atomic E-state index is 12.8. The second-order valence-electron chi connectivity index (χ2n) is 5.13. The molecule has 0 aliphatic carbocycles. The molecule has 0 aromatic heterocycles. The molecule has 1 heterocycles. The van der Waals surface area contributed by atoms with Gasteiger partial charge in [-0.2, -0.15) is 4.31 Å². The Hall–Kier alpha value is -1.37. The molecule has 0 saturated carbocycles. The molecular formula is C15H21NO4S. The summed E-state index contributed by atoms with van der Waals surface area (Å²) >= 11 is 0. The standard InChI is InChI=1S/C15H21NO4S/c1-12-4-3-8-16(11-12)21(18,19)15-6-5-14(20-2)10-13(15)7-9-17/h4-6,10,17H,3,7-9,11H2,1-2H3. The third-order valence-corrected chi connectivity index (χ3v) is 5.51. The minimum Gasteiger partial charge on any atom is -0.497 e. The largest absolute Gasteiger partial charge is 0.497 e. The molecule has 1 aliphatic heterocycles. The zero-order valence-electron chi connectivity index (χ0n) is 12.4. The maximum Gasteiger partial charge on any atom is 0.243 e. The van der Waals surface area contributed by atoms with Gasteiger partial charge in [0.1, 0.15) is 5.75 Å². The van der Waals surface area contributed by atoms with Gasteiger partial charge in [-0.15, -0.1) is 0 Å². The van der Waals surface area contributed by atoms with Crippen molar-refractivity contribution >= 4 is 10.0 Å². The summed E-state index contributed by atoms with van der Waals surface area (Å²) in [7, 11) is -2.01. The van der Waals surface area contributed by atoms with Crippen LogP contribution in [-0.2, 0) is 16.4 Å². The average molecular weight is 311 g/mol. The minimum atomic E-state index is -3.55. The van der Waals surface area contributed by atoms with Crippen LogP contribution in [0.3, 0.4) is 0 Å².